The third-order valence-electron chi connectivity index (χ3n) is 11.8. The van der Waals surface area contributed by atoms with Gasteiger partial charge in [-0.2, -0.15) is 0 Å². The van der Waals surface area contributed by atoms with Gasteiger partial charge in [0.2, 0.25) is 41.4 Å². The number of hydrogen-bond donors (Lipinski definition) is 10. The SMILES string of the molecule is CC(C)C[C@H](NC(=O)[C@@H]1CCCN1C(=O)[C@H](CC(C)C)NC(=O)[C@@H]1CCCN1C(=O)[C@H](CCCCN)NC(=O)[C@@H](N)Cc1ccccc1)C(=O)N[C@H](C)C(=O)N[C@@H](CCCN=C(N)N)C(=O)O. The van der Waals surface area contributed by atoms with E-state index in [2.05, 4.69) is 31.6 Å². The summed E-state index contributed by atoms with van der Waals surface area (Å²) in [6.45, 7) is 9.96. The molecule has 0 aliphatic carbocycles. The Balaban J connectivity index is 1.71. The Morgan fingerprint density at radius 2 is 1.19 bits per heavy atom. The Labute approximate surface area is 394 Å². The van der Waals surface area contributed by atoms with Crippen molar-refractivity contribution < 1.29 is 43.5 Å². The molecule has 2 aliphatic rings. The average molecular weight is 941 g/mol. The van der Waals surface area contributed by atoms with Gasteiger partial charge in [-0.15, -0.1) is 0 Å². The molecule has 8 atom stereocenters. The molecule has 0 radical (unpaired) electrons. The van der Waals surface area contributed by atoms with Crippen molar-refractivity contribution in [2.45, 2.75) is 160 Å². The molecule has 0 spiro atoms. The number of rotatable bonds is 27. The Morgan fingerprint density at radius 3 is 1.73 bits per heavy atom. The van der Waals surface area contributed by atoms with Gasteiger partial charge in [0.15, 0.2) is 5.96 Å². The number of hydrogen-bond acceptors (Lipinski definition) is 11. The average Bonchev–Trinajstić information content (AvgIpc) is 3.97. The summed E-state index contributed by atoms with van der Waals surface area (Å²) in [6, 6.07) is 0.989. The van der Waals surface area contributed by atoms with Crippen LogP contribution in [0.4, 0.5) is 0 Å². The number of nitrogens with two attached hydrogens (primary N) is 4. The van der Waals surface area contributed by atoms with Crippen LogP contribution in [0.15, 0.2) is 35.3 Å². The van der Waals surface area contributed by atoms with Crippen molar-refractivity contribution in [3.8, 4) is 0 Å². The van der Waals surface area contributed by atoms with Crippen LogP contribution in [0.2, 0.25) is 0 Å². The first-order chi connectivity index (χ1) is 31.7. The fourth-order valence-electron chi connectivity index (χ4n) is 8.36. The van der Waals surface area contributed by atoms with Gasteiger partial charge in [-0.25, -0.2) is 4.79 Å². The second-order valence-corrected chi connectivity index (χ2v) is 18.5. The van der Waals surface area contributed by atoms with Crippen LogP contribution in [-0.2, 0) is 44.8 Å². The summed E-state index contributed by atoms with van der Waals surface area (Å²) in [7, 11) is 0. The lowest BCUT2D eigenvalue weighted by atomic mass is 10.0. The second-order valence-electron chi connectivity index (χ2n) is 18.5. The number of carbonyl (C=O) groups is 8. The number of carboxylic acid groups (broad SMARTS) is 1. The largest absolute Gasteiger partial charge is 0.480 e. The molecule has 7 amide bonds. The van der Waals surface area contributed by atoms with Crippen LogP contribution in [0.1, 0.15) is 111 Å². The first kappa shape index (κ1) is 55.5. The summed E-state index contributed by atoms with van der Waals surface area (Å²) in [4.78, 5) is 115. The van der Waals surface area contributed by atoms with Crippen molar-refractivity contribution in [2.24, 2.45) is 39.8 Å². The lowest BCUT2D eigenvalue weighted by molar-refractivity contribution is -0.145. The predicted molar refractivity (Wildman–Crippen MR) is 252 cm³/mol. The Hall–Kier alpha value is -5.83. The van der Waals surface area contributed by atoms with E-state index in [1.54, 1.807) is 0 Å². The number of aliphatic imine (C=N–C) groups is 1. The van der Waals surface area contributed by atoms with Crippen LogP contribution in [0.25, 0.3) is 0 Å². The number of guanidine groups is 1. The highest BCUT2D eigenvalue weighted by Gasteiger charge is 2.42. The van der Waals surface area contributed by atoms with E-state index in [9.17, 15) is 43.5 Å². The molecule has 3 rings (SSSR count). The van der Waals surface area contributed by atoms with E-state index in [-0.39, 0.29) is 69.5 Å². The Bertz CT molecular complexity index is 1860. The number of carbonyl (C=O) groups excluding carboxylic acids is 7. The predicted octanol–water partition coefficient (Wildman–Crippen LogP) is -0.658. The van der Waals surface area contributed by atoms with Crippen molar-refractivity contribution >= 4 is 53.3 Å². The minimum absolute atomic E-state index is 0.0327. The van der Waals surface area contributed by atoms with Gasteiger partial charge in [0.05, 0.1) is 6.04 Å². The lowest BCUT2D eigenvalue weighted by Gasteiger charge is -2.33. The maximum Gasteiger partial charge on any atom is 0.326 e. The highest BCUT2D eigenvalue weighted by Crippen LogP contribution is 2.24. The van der Waals surface area contributed by atoms with Crippen LogP contribution < -0.4 is 49.5 Å². The van der Waals surface area contributed by atoms with Crippen molar-refractivity contribution in [1.82, 2.24) is 36.4 Å². The molecule has 21 heteroatoms. The summed E-state index contributed by atoms with van der Waals surface area (Å²) in [6.07, 6.45) is 4.13. The van der Waals surface area contributed by atoms with E-state index in [1.165, 1.54) is 16.7 Å². The smallest absolute Gasteiger partial charge is 0.326 e. The van der Waals surface area contributed by atoms with Gasteiger partial charge in [-0.3, -0.25) is 38.6 Å². The number of benzene rings is 1. The van der Waals surface area contributed by atoms with Gasteiger partial charge in [-0.1, -0.05) is 58.0 Å². The molecule has 0 aromatic heterocycles. The summed E-state index contributed by atoms with van der Waals surface area (Å²) in [5.74, 6) is -5.46. The topological polar surface area (TPSA) is 340 Å². The normalized spacial score (nSPS) is 18.5. The first-order valence-electron chi connectivity index (χ1n) is 23.6. The molecule has 0 saturated carbocycles. The standard InChI is InChI=1S/C46H76N12O9/c1-27(2)24-34(40(61)52-29(5)38(59)54-33(45(66)67)17-11-21-51-46(49)50)55-41(62)36-18-13-23-58(36)44(65)35(25-28(3)4)56-42(63)37-19-12-22-57(37)43(64)32(16-9-10-20-47)53-39(60)31(48)26-30-14-7-6-8-15-30/h6-8,14-15,27-29,31-37H,9-13,16-26,47-48H2,1-5H3,(H,52,61)(H,53,60)(H,54,59)(H,55,62)(H,56,63)(H,66,67)(H4,49,50,51)/t29-,31+,32+,33+,34+,35+,36+,37+/m1/s1. The molecule has 2 saturated heterocycles. The first-order valence-corrected chi connectivity index (χ1v) is 23.6. The molecule has 0 bridgehead atoms. The highest BCUT2D eigenvalue weighted by atomic mass is 16.4. The summed E-state index contributed by atoms with van der Waals surface area (Å²) in [5, 5.41) is 23.2. The van der Waals surface area contributed by atoms with Gasteiger partial charge in [0.25, 0.3) is 0 Å². The fraction of sp³-hybridized carbons (Fsp3) is 0.674. The Morgan fingerprint density at radius 1 is 0.672 bits per heavy atom. The number of nitrogens with zero attached hydrogens (tertiary/aromatic N) is 3. The lowest BCUT2D eigenvalue weighted by Crippen LogP contribution is -2.59. The molecular weight excluding hydrogens is 865 g/mol. The molecule has 2 fully saturated rings. The number of unbranched alkanes of at least 4 members (excludes halogenated alkanes) is 1. The minimum Gasteiger partial charge on any atom is -0.480 e. The zero-order valence-electron chi connectivity index (χ0n) is 39.8. The van der Waals surface area contributed by atoms with E-state index in [0.717, 1.165) is 5.56 Å². The molecule has 67 heavy (non-hydrogen) atoms. The number of carboxylic acids is 1. The Kier molecular flexibility index (Phi) is 23.0. The van der Waals surface area contributed by atoms with Gasteiger partial charge in [0, 0.05) is 19.6 Å². The van der Waals surface area contributed by atoms with E-state index in [1.807, 2.05) is 58.0 Å². The second kappa shape index (κ2) is 27.7. The quantitative estimate of drug-likeness (QED) is 0.0298. The molecule has 14 N–H and O–H groups in total. The third kappa shape index (κ3) is 18.1. The van der Waals surface area contributed by atoms with Crippen LogP contribution >= 0.6 is 0 Å². The number of nitrogens with one attached hydrogen (secondary N) is 5. The highest BCUT2D eigenvalue weighted by molar-refractivity contribution is 5.98. The zero-order valence-corrected chi connectivity index (χ0v) is 39.8. The molecule has 374 valence electrons. The minimum atomic E-state index is -1.27. The monoisotopic (exact) mass is 941 g/mol. The molecule has 21 nitrogen and oxygen atoms in total. The summed E-state index contributed by atoms with van der Waals surface area (Å²) < 4.78 is 0. The van der Waals surface area contributed by atoms with Gasteiger partial charge in [-0.05, 0) is 108 Å². The van der Waals surface area contributed by atoms with Crippen molar-refractivity contribution in [1.29, 1.82) is 0 Å². The fourth-order valence-corrected chi connectivity index (χ4v) is 8.36. The van der Waals surface area contributed by atoms with E-state index in [0.29, 0.717) is 51.5 Å². The molecule has 2 aliphatic heterocycles. The molecule has 1 aromatic carbocycles. The number of amides is 7. The van der Waals surface area contributed by atoms with E-state index < -0.39 is 95.7 Å². The summed E-state index contributed by atoms with van der Waals surface area (Å²) >= 11 is 0. The number of likely N-dealkylation sites (tertiary alicyclic amines) is 2. The molecule has 2 heterocycles. The van der Waals surface area contributed by atoms with Crippen LogP contribution in [-0.4, -0.2) is 143 Å². The zero-order chi connectivity index (χ0) is 49.8. The summed E-state index contributed by atoms with van der Waals surface area (Å²) in [5.41, 5.74) is 23.5. The van der Waals surface area contributed by atoms with Crippen LogP contribution in [0.3, 0.4) is 0 Å². The van der Waals surface area contributed by atoms with Crippen molar-refractivity contribution in [2.75, 3.05) is 26.2 Å². The van der Waals surface area contributed by atoms with Crippen LogP contribution in [0, 0.1) is 11.8 Å². The van der Waals surface area contributed by atoms with Crippen LogP contribution in [0.5, 0.6) is 0 Å². The molecule has 0 unspecified atom stereocenters. The third-order valence-corrected chi connectivity index (χ3v) is 11.8. The van der Waals surface area contributed by atoms with Crippen molar-refractivity contribution in [3.05, 3.63) is 35.9 Å². The maximum absolute atomic E-state index is 14.4. The van der Waals surface area contributed by atoms with E-state index in [4.69, 9.17) is 22.9 Å². The molecular formula is C46H76N12O9. The van der Waals surface area contributed by atoms with Gasteiger partial charge < -0.3 is 64.4 Å². The maximum atomic E-state index is 14.4. The van der Waals surface area contributed by atoms with E-state index >= 15 is 0 Å². The number of aliphatic carboxylic acids is 1. The molecule has 1 aromatic rings. The van der Waals surface area contributed by atoms with Gasteiger partial charge >= 0.3 is 5.97 Å². The van der Waals surface area contributed by atoms with Gasteiger partial charge in [0.1, 0.15) is 42.3 Å². The van der Waals surface area contributed by atoms with Crippen molar-refractivity contribution in [3.63, 3.8) is 0 Å².